The highest BCUT2D eigenvalue weighted by Crippen LogP contribution is 2.62. The lowest BCUT2D eigenvalue weighted by Gasteiger charge is -2.46. The van der Waals surface area contributed by atoms with E-state index in [1.165, 1.54) is 12.8 Å². The molecule has 0 atom stereocenters. The molecule has 0 aromatic heterocycles. The van der Waals surface area contributed by atoms with E-state index in [0.29, 0.717) is 11.2 Å². The molecule has 23 heavy (non-hydrogen) atoms. The van der Waals surface area contributed by atoms with Gasteiger partial charge in [0.05, 0.1) is 5.82 Å². The first kappa shape index (κ1) is 17.2. The Labute approximate surface area is 140 Å². The van der Waals surface area contributed by atoms with Gasteiger partial charge in [0.2, 0.25) is 0 Å². The Morgan fingerprint density at radius 3 is 2.30 bits per heavy atom. The van der Waals surface area contributed by atoms with E-state index in [4.69, 9.17) is 11.5 Å². The summed E-state index contributed by atoms with van der Waals surface area (Å²) in [5.41, 5.74) is 14.4. The summed E-state index contributed by atoms with van der Waals surface area (Å²) in [6.45, 7) is 7.96. The van der Waals surface area contributed by atoms with E-state index in [-0.39, 0.29) is 5.54 Å². The SMILES string of the molecule is C=CC12CCC(N/C(N)=C/C=C(\N)c3ccccc3)(C1)C2.CC. The van der Waals surface area contributed by atoms with Crippen molar-refractivity contribution in [3.63, 3.8) is 0 Å². The second-order valence-electron chi connectivity index (χ2n) is 6.44. The molecule has 124 valence electrons. The van der Waals surface area contributed by atoms with Gasteiger partial charge in [-0.15, -0.1) is 6.58 Å². The molecule has 0 radical (unpaired) electrons. The lowest BCUT2D eigenvalue weighted by molar-refractivity contribution is 0.140. The standard InChI is InChI=1S/C18H23N3.C2H6/c1-2-17-10-11-18(12-17,13-17)21-16(20)9-8-15(19)14-6-4-3-5-7-14;1-2/h2-9,21H,1,10-13,19-20H2;1-2H3/b15-8-,16-9+;. The van der Waals surface area contributed by atoms with Crippen LogP contribution in [0.1, 0.15) is 45.1 Å². The fraction of sp³-hybridized carbons (Fsp3) is 0.400. The molecule has 0 saturated heterocycles. The molecule has 3 aliphatic rings. The first-order valence-corrected chi connectivity index (χ1v) is 8.47. The van der Waals surface area contributed by atoms with Crippen LogP contribution in [-0.2, 0) is 0 Å². The van der Waals surface area contributed by atoms with Gasteiger partial charge in [0.15, 0.2) is 0 Å². The highest BCUT2D eigenvalue weighted by molar-refractivity contribution is 5.64. The van der Waals surface area contributed by atoms with E-state index >= 15 is 0 Å². The van der Waals surface area contributed by atoms with Crippen LogP contribution >= 0.6 is 0 Å². The summed E-state index contributed by atoms with van der Waals surface area (Å²) in [6.07, 6.45) is 10.5. The van der Waals surface area contributed by atoms with Crippen LogP contribution in [0, 0.1) is 5.41 Å². The van der Waals surface area contributed by atoms with Gasteiger partial charge in [-0.25, -0.2) is 0 Å². The number of hydrogen-bond donors (Lipinski definition) is 3. The fourth-order valence-electron chi connectivity index (χ4n) is 3.79. The minimum atomic E-state index is 0.185. The third kappa shape index (κ3) is 3.61. The highest BCUT2D eigenvalue weighted by atomic mass is 15.1. The number of nitrogens with two attached hydrogens (primary N) is 2. The number of fused-ring (bicyclic) bond motifs is 1. The molecule has 3 nitrogen and oxygen atoms in total. The minimum absolute atomic E-state index is 0.185. The molecule has 3 aliphatic carbocycles. The van der Waals surface area contributed by atoms with Gasteiger partial charge in [-0.3, -0.25) is 0 Å². The molecule has 1 aromatic rings. The van der Waals surface area contributed by atoms with Crippen molar-refractivity contribution in [1.29, 1.82) is 0 Å². The van der Waals surface area contributed by atoms with Gasteiger partial charge in [-0.1, -0.05) is 50.3 Å². The molecular formula is C20H29N3. The maximum atomic E-state index is 6.10. The summed E-state index contributed by atoms with van der Waals surface area (Å²) in [5, 5.41) is 3.48. The topological polar surface area (TPSA) is 64.1 Å². The predicted octanol–water partition coefficient (Wildman–Crippen LogP) is 3.90. The average Bonchev–Trinajstić information content (AvgIpc) is 3.11. The zero-order chi connectivity index (χ0) is 16.9. The Kier molecular flexibility index (Phi) is 5.19. The van der Waals surface area contributed by atoms with Gasteiger partial charge < -0.3 is 16.8 Å². The van der Waals surface area contributed by atoms with Crippen LogP contribution in [0.4, 0.5) is 0 Å². The van der Waals surface area contributed by atoms with Crippen molar-refractivity contribution < 1.29 is 0 Å². The zero-order valence-corrected chi connectivity index (χ0v) is 14.3. The van der Waals surface area contributed by atoms with Crippen molar-refractivity contribution in [1.82, 2.24) is 5.32 Å². The van der Waals surface area contributed by atoms with Gasteiger partial charge in [0.25, 0.3) is 0 Å². The molecule has 0 unspecified atom stereocenters. The summed E-state index contributed by atoms with van der Waals surface area (Å²) in [5.74, 6) is 0.688. The smallest absolute Gasteiger partial charge is 0.0965 e. The highest BCUT2D eigenvalue weighted by Gasteiger charge is 2.59. The summed E-state index contributed by atoms with van der Waals surface area (Å²) in [7, 11) is 0. The maximum absolute atomic E-state index is 6.10. The molecular weight excluding hydrogens is 282 g/mol. The van der Waals surface area contributed by atoms with Gasteiger partial charge in [0.1, 0.15) is 0 Å². The van der Waals surface area contributed by atoms with E-state index < -0.39 is 0 Å². The van der Waals surface area contributed by atoms with Crippen molar-refractivity contribution in [2.75, 3.05) is 0 Å². The van der Waals surface area contributed by atoms with Crippen molar-refractivity contribution in [3.05, 3.63) is 66.5 Å². The molecule has 1 aromatic carbocycles. The largest absolute Gasteiger partial charge is 0.398 e. The van der Waals surface area contributed by atoms with E-state index in [1.54, 1.807) is 0 Å². The monoisotopic (exact) mass is 311 g/mol. The average molecular weight is 311 g/mol. The Morgan fingerprint density at radius 1 is 1.09 bits per heavy atom. The number of nitrogens with one attached hydrogen (secondary N) is 1. The zero-order valence-electron chi connectivity index (χ0n) is 14.3. The Bertz CT molecular complexity index is 593. The van der Waals surface area contributed by atoms with E-state index in [9.17, 15) is 0 Å². The minimum Gasteiger partial charge on any atom is -0.398 e. The van der Waals surface area contributed by atoms with Crippen molar-refractivity contribution in [3.8, 4) is 0 Å². The number of hydrogen-bond acceptors (Lipinski definition) is 3. The maximum Gasteiger partial charge on any atom is 0.0965 e. The van der Waals surface area contributed by atoms with E-state index in [2.05, 4.69) is 18.0 Å². The summed E-state index contributed by atoms with van der Waals surface area (Å²) >= 11 is 0. The number of benzene rings is 1. The van der Waals surface area contributed by atoms with Crippen molar-refractivity contribution in [2.45, 2.75) is 45.1 Å². The summed E-state index contributed by atoms with van der Waals surface area (Å²) in [6, 6.07) is 9.90. The van der Waals surface area contributed by atoms with E-state index in [0.717, 1.165) is 24.1 Å². The molecule has 5 N–H and O–H groups in total. The normalized spacial score (nSPS) is 29.1. The molecule has 2 bridgehead atoms. The number of allylic oxidation sites excluding steroid dienone is 3. The van der Waals surface area contributed by atoms with Crippen LogP contribution in [0.5, 0.6) is 0 Å². The Morgan fingerprint density at radius 2 is 1.74 bits per heavy atom. The van der Waals surface area contributed by atoms with Crippen LogP contribution in [-0.4, -0.2) is 5.54 Å². The van der Waals surface area contributed by atoms with Gasteiger partial charge in [-0.2, -0.15) is 0 Å². The van der Waals surface area contributed by atoms with Crippen LogP contribution < -0.4 is 16.8 Å². The van der Waals surface area contributed by atoms with Crippen molar-refractivity contribution in [2.24, 2.45) is 16.9 Å². The Balaban J connectivity index is 0.000000924. The van der Waals surface area contributed by atoms with E-state index in [1.807, 2.05) is 56.3 Å². The lowest BCUT2D eigenvalue weighted by Crippen LogP contribution is -2.53. The third-order valence-electron chi connectivity index (χ3n) is 4.87. The Hall–Kier alpha value is -2.16. The third-order valence-corrected chi connectivity index (χ3v) is 4.87. The fourth-order valence-corrected chi connectivity index (χ4v) is 3.79. The van der Waals surface area contributed by atoms with Crippen LogP contribution in [0.3, 0.4) is 0 Å². The second kappa shape index (κ2) is 6.95. The lowest BCUT2D eigenvalue weighted by atomic mass is 9.65. The second-order valence-corrected chi connectivity index (χ2v) is 6.44. The molecule has 0 amide bonds. The molecule has 0 aliphatic heterocycles. The predicted molar refractivity (Wildman–Crippen MR) is 99.2 cm³/mol. The number of rotatable bonds is 5. The molecule has 0 heterocycles. The first-order valence-electron chi connectivity index (χ1n) is 8.47. The van der Waals surface area contributed by atoms with Crippen LogP contribution in [0.25, 0.3) is 5.70 Å². The summed E-state index contributed by atoms with van der Waals surface area (Å²) in [4.78, 5) is 0. The molecule has 3 fully saturated rings. The van der Waals surface area contributed by atoms with Crippen molar-refractivity contribution >= 4 is 5.70 Å². The van der Waals surface area contributed by atoms with Gasteiger partial charge >= 0.3 is 0 Å². The quantitative estimate of drug-likeness (QED) is 0.571. The first-order chi connectivity index (χ1) is 11.1. The molecule has 0 spiro atoms. The van der Waals surface area contributed by atoms with Gasteiger partial charge in [-0.05, 0) is 48.8 Å². The van der Waals surface area contributed by atoms with Crippen LogP contribution in [0.2, 0.25) is 0 Å². The molecule has 3 heteroatoms. The summed E-state index contributed by atoms with van der Waals surface area (Å²) < 4.78 is 0. The van der Waals surface area contributed by atoms with Gasteiger partial charge in [0, 0.05) is 11.2 Å². The van der Waals surface area contributed by atoms with Crippen LogP contribution in [0.15, 0.2) is 61.0 Å². The molecule has 3 saturated carbocycles. The molecule has 4 rings (SSSR count).